The van der Waals surface area contributed by atoms with E-state index in [0.717, 1.165) is 89.9 Å². The summed E-state index contributed by atoms with van der Waals surface area (Å²) in [7, 11) is -4.77. The van der Waals surface area contributed by atoms with Crippen molar-refractivity contribution in [3.63, 3.8) is 0 Å². The molecular weight excluding hydrogens is 675 g/mol. The van der Waals surface area contributed by atoms with E-state index in [1.807, 2.05) is 0 Å². The lowest BCUT2D eigenvalue weighted by Crippen LogP contribution is -2.29. The van der Waals surface area contributed by atoms with Crippen molar-refractivity contribution < 1.29 is 37.9 Å². The summed E-state index contributed by atoms with van der Waals surface area (Å²) in [5.41, 5.74) is 0. The summed E-state index contributed by atoms with van der Waals surface area (Å²) < 4.78 is 26.3. The van der Waals surface area contributed by atoms with E-state index in [2.05, 4.69) is 103 Å². The third-order valence-electron chi connectivity index (χ3n) is 7.90. The van der Waals surface area contributed by atoms with E-state index in [9.17, 15) is 14.2 Å². The molecule has 0 saturated heterocycles. The van der Waals surface area contributed by atoms with Crippen LogP contribution < -0.4 is 0 Å². The average molecular weight is 747 g/mol. The highest BCUT2D eigenvalue weighted by atomic mass is 31.2. The molecule has 0 fully saturated rings. The Balaban J connectivity index is 4.06. The zero-order valence-corrected chi connectivity index (χ0v) is 33.3. The first-order chi connectivity index (χ1) is 25.3. The molecule has 9 heteroatoms. The van der Waals surface area contributed by atoms with Crippen LogP contribution in [0.3, 0.4) is 0 Å². The van der Waals surface area contributed by atoms with Crippen molar-refractivity contribution in [2.45, 2.75) is 161 Å². The van der Waals surface area contributed by atoms with Crippen LogP contribution in [0.15, 0.2) is 85.1 Å². The molecule has 0 amide bonds. The Bertz CT molecular complexity index is 1110. The molecule has 0 bridgehead atoms. The number of allylic oxidation sites excluding steroid dienone is 14. The summed E-state index contributed by atoms with van der Waals surface area (Å²) in [5, 5.41) is 0. The molecule has 0 saturated carbocycles. The molecule has 296 valence electrons. The SMILES string of the molecule is CC/C=C\C/C=C\C/C=C\C/C=C\CCCCCCC(=O)O[C@H](COC(=O)CCCCCC/C=C\C/C=C\C/C=C\CCCCC)COP(=O)(O)O. The Kier molecular flexibility index (Phi) is 35.9. The number of phosphoric ester groups is 1. The van der Waals surface area contributed by atoms with Gasteiger partial charge in [0.1, 0.15) is 6.61 Å². The van der Waals surface area contributed by atoms with E-state index >= 15 is 0 Å². The summed E-state index contributed by atoms with van der Waals surface area (Å²) in [4.78, 5) is 42.8. The predicted octanol–water partition coefficient (Wildman–Crippen LogP) is 12.1. The minimum atomic E-state index is -4.77. The van der Waals surface area contributed by atoms with Crippen LogP contribution >= 0.6 is 7.82 Å². The highest BCUT2D eigenvalue weighted by Crippen LogP contribution is 2.36. The Morgan fingerprint density at radius 1 is 0.519 bits per heavy atom. The number of esters is 2. The van der Waals surface area contributed by atoms with Crippen LogP contribution in [0, 0.1) is 0 Å². The summed E-state index contributed by atoms with van der Waals surface area (Å²) >= 11 is 0. The van der Waals surface area contributed by atoms with Gasteiger partial charge in [-0.05, 0) is 89.9 Å². The maximum atomic E-state index is 12.4. The first-order valence-corrected chi connectivity index (χ1v) is 21.4. The van der Waals surface area contributed by atoms with Crippen LogP contribution in [0.25, 0.3) is 0 Å². The number of rotatable bonds is 35. The summed E-state index contributed by atoms with van der Waals surface area (Å²) in [6.45, 7) is 3.49. The summed E-state index contributed by atoms with van der Waals surface area (Å²) in [6.07, 6.45) is 50.1. The van der Waals surface area contributed by atoms with Gasteiger partial charge in [0.25, 0.3) is 0 Å². The van der Waals surface area contributed by atoms with Crippen LogP contribution in [-0.2, 0) is 28.2 Å². The van der Waals surface area contributed by atoms with Gasteiger partial charge in [-0.2, -0.15) is 0 Å². The molecule has 0 aromatic carbocycles. The fourth-order valence-corrected chi connectivity index (χ4v) is 5.32. The number of carbonyl (C=O) groups excluding carboxylic acids is 2. The molecule has 0 radical (unpaired) electrons. The van der Waals surface area contributed by atoms with E-state index in [4.69, 9.17) is 19.3 Å². The molecule has 0 aliphatic heterocycles. The normalized spacial score (nSPS) is 13.4. The molecule has 0 aromatic heterocycles. The molecule has 0 spiro atoms. The number of unbranched alkanes of at least 4 members (excludes halogenated alkanes) is 11. The third-order valence-corrected chi connectivity index (χ3v) is 8.38. The Morgan fingerprint density at radius 3 is 1.37 bits per heavy atom. The van der Waals surface area contributed by atoms with E-state index in [-0.39, 0.29) is 19.4 Å². The van der Waals surface area contributed by atoms with Crippen molar-refractivity contribution in [1.29, 1.82) is 0 Å². The smallest absolute Gasteiger partial charge is 0.462 e. The van der Waals surface area contributed by atoms with Gasteiger partial charge in [0.2, 0.25) is 0 Å². The third kappa shape index (κ3) is 40.0. The van der Waals surface area contributed by atoms with Crippen molar-refractivity contribution in [1.82, 2.24) is 0 Å². The van der Waals surface area contributed by atoms with Crippen LogP contribution in [0.4, 0.5) is 0 Å². The Labute approximate surface area is 316 Å². The molecule has 1 atom stereocenters. The minimum absolute atomic E-state index is 0.174. The zero-order valence-electron chi connectivity index (χ0n) is 32.4. The average Bonchev–Trinajstić information content (AvgIpc) is 3.11. The Morgan fingerprint density at radius 2 is 0.923 bits per heavy atom. The zero-order chi connectivity index (χ0) is 38.2. The fourth-order valence-electron chi connectivity index (χ4n) is 4.96. The molecule has 0 aliphatic rings. The second-order valence-corrected chi connectivity index (χ2v) is 14.1. The number of carbonyl (C=O) groups is 2. The van der Waals surface area contributed by atoms with Crippen molar-refractivity contribution in [2.24, 2.45) is 0 Å². The second-order valence-electron chi connectivity index (χ2n) is 12.9. The van der Waals surface area contributed by atoms with Gasteiger partial charge in [-0.15, -0.1) is 0 Å². The monoisotopic (exact) mass is 746 g/mol. The van der Waals surface area contributed by atoms with Gasteiger partial charge in [0, 0.05) is 12.8 Å². The van der Waals surface area contributed by atoms with Gasteiger partial charge >= 0.3 is 19.8 Å². The van der Waals surface area contributed by atoms with Gasteiger partial charge in [0.15, 0.2) is 6.10 Å². The van der Waals surface area contributed by atoms with Crippen LogP contribution in [0.1, 0.15) is 155 Å². The van der Waals surface area contributed by atoms with Gasteiger partial charge in [-0.25, -0.2) is 4.57 Å². The first-order valence-electron chi connectivity index (χ1n) is 19.9. The van der Waals surface area contributed by atoms with Crippen molar-refractivity contribution in [3.05, 3.63) is 85.1 Å². The lowest BCUT2D eigenvalue weighted by molar-refractivity contribution is -0.161. The second kappa shape index (κ2) is 38.0. The standard InChI is InChI=1S/C43H71O8P/c1-3-5-7-9-11-13-15-17-19-21-23-25-27-29-31-33-35-37-42(44)49-39-41(40-50-52(46,47)48)51-43(45)38-36-34-32-30-28-26-24-22-20-18-16-14-12-10-8-6-4-2/h6,8,11-14,17-20,23-26,41H,3-5,7,9-10,15-16,21-22,27-40H2,1-2H3,(H2,46,47,48)/b8-6-,13-11-,14-12-,19-17-,20-18-,25-23-,26-24-/t41-/m1/s1. The summed E-state index contributed by atoms with van der Waals surface area (Å²) in [5.74, 6) is -0.947. The van der Waals surface area contributed by atoms with Crippen molar-refractivity contribution in [2.75, 3.05) is 13.2 Å². The molecule has 0 heterocycles. The van der Waals surface area contributed by atoms with E-state index in [1.165, 1.54) is 25.7 Å². The largest absolute Gasteiger partial charge is 0.469 e. The lowest BCUT2D eigenvalue weighted by Gasteiger charge is -2.18. The maximum absolute atomic E-state index is 12.4. The van der Waals surface area contributed by atoms with Crippen LogP contribution in [0.2, 0.25) is 0 Å². The molecule has 0 aliphatic carbocycles. The van der Waals surface area contributed by atoms with Gasteiger partial charge in [0.05, 0.1) is 6.61 Å². The van der Waals surface area contributed by atoms with Crippen LogP contribution in [0.5, 0.6) is 0 Å². The van der Waals surface area contributed by atoms with Gasteiger partial charge in [-0.3, -0.25) is 14.1 Å². The van der Waals surface area contributed by atoms with E-state index < -0.39 is 32.5 Å². The predicted molar refractivity (Wildman–Crippen MR) is 216 cm³/mol. The summed E-state index contributed by atoms with van der Waals surface area (Å²) in [6, 6.07) is 0. The molecule has 0 aromatic rings. The number of hydrogen-bond acceptors (Lipinski definition) is 6. The van der Waals surface area contributed by atoms with E-state index in [1.54, 1.807) is 0 Å². The number of hydrogen-bond donors (Lipinski definition) is 2. The molecule has 0 unspecified atom stereocenters. The van der Waals surface area contributed by atoms with Crippen molar-refractivity contribution in [3.8, 4) is 0 Å². The molecule has 52 heavy (non-hydrogen) atoms. The molecule has 0 rings (SSSR count). The molecule has 2 N–H and O–H groups in total. The molecule has 8 nitrogen and oxygen atoms in total. The fraction of sp³-hybridized carbons (Fsp3) is 0.628. The highest BCUT2D eigenvalue weighted by molar-refractivity contribution is 7.46. The maximum Gasteiger partial charge on any atom is 0.469 e. The number of phosphoric acid groups is 1. The molecular formula is C43H71O8P. The lowest BCUT2D eigenvalue weighted by atomic mass is 10.1. The van der Waals surface area contributed by atoms with Gasteiger partial charge in [-0.1, -0.05) is 137 Å². The minimum Gasteiger partial charge on any atom is -0.462 e. The van der Waals surface area contributed by atoms with Crippen molar-refractivity contribution >= 4 is 19.8 Å². The van der Waals surface area contributed by atoms with E-state index in [0.29, 0.717) is 12.8 Å². The first kappa shape index (κ1) is 49.2. The quantitative estimate of drug-likeness (QED) is 0.0285. The number of ether oxygens (including phenoxy) is 2. The Hall–Kier alpha value is -2.77. The highest BCUT2D eigenvalue weighted by Gasteiger charge is 2.22. The topological polar surface area (TPSA) is 119 Å². The van der Waals surface area contributed by atoms with Crippen LogP contribution in [-0.4, -0.2) is 41.0 Å². The van der Waals surface area contributed by atoms with Gasteiger partial charge < -0.3 is 19.3 Å².